The van der Waals surface area contributed by atoms with E-state index in [0.717, 1.165) is 34.1 Å². The molecule has 6 aromatic rings. The minimum absolute atomic E-state index is 0.159. The Kier molecular flexibility index (Phi) is 11.9. The quantitative estimate of drug-likeness (QED) is 0.107. The Morgan fingerprint density at radius 1 is 0.647 bits per heavy atom. The van der Waals surface area contributed by atoms with Crippen molar-refractivity contribution in [3.05, 3.63) is 189 Å². The molecule has 1 heterocycles. The van der Waals surface area contributed by atoms with Crippen molar-refractivity contribution in [2.75, 3.05) is 6.54 Å². The largest absolute Gasteiger partial charge is 0.489 e. The molecule has 1 aromatic heterocycles. The van der Waals surface area contributed by atoms with E-state index >= 15 is 0 Å². The molecule has 1 amide bonds. The van der Waals surface area contributed by atoms with Crippen molar-refractivity contribution >= 4 is 17.2 Å². The van der Waals surface area contributed by atoms with Gasteiger partial charge in [0, 0.05) is 31.6 Å². The predicted octanol–water partition coefficient (Wildman–Crippen LogP) is 9.83. The summed E-state index contributed by atoms with van der Waals surface area (Å²) in [5.41, 5.74) is 4.41. The fraction of sp³-hybridized carbons (Fsp3) is 0.190. The fourth-order valence-electron chi connectivity index (χ4n) is 5.76. The number of hydrogen-bond acceptors (Lipinski definition) is 5. The molecule has 0 saturated carbocycles. The zero-order chi connectivity index (χ0) is 35.5. The zero-order valence-corrected chi connectivity index (χ0v) is 28.8. The summed E-state index contributed by atoms with van der Waals surface area (Å²) in [5, 5.41) is 2.48. The molecule has 0 aliphatic carbocycles. The van der Waals surface area contributed by atoms with Crippen LogP contribution in [0, 0.1) is 0 Å². The summed E-state index contributed by atoms with van der Waals surface area (Å²) in [4.78, 5) is 22.5. The first-order valence-electron chi connectivity index (χ1n) is 16.7. The molecule has 0 aliphatic rings. The first-order valence-corrected chi connectivity index (χ1v) is 17.6. The van der Waals surface area contributed by atoms with E-state index in [1.807, 2.05) is 113 Å². The number of carbonyl (C=O) groups is 1. The van der Waals surface area contributed by atoms with E-state index in [4.69, 9.17) is 9.72 Å². The average molecular weight is 706 g/mol. The van der Waals surface area contributed by atoms with E-state index in [2.05, 4.69) is 12.1 Å². The van der Waals surface area contributed by atoms with Gasteiger partial charge in [-0.1, -0.05) is 121 Å². The van der Waals surface area contributed by atoms with Crippen LogP contribution in [0.4, 0.5) is 13.2 Å². The van der Waals surface area contributed by atoms with Gasteiger partial charge in [0.25, 0.3) is 5.91 Å². The van der Waals surface area contributed by atoms with Gasteiger partial charge >= 0.3 is 6.18 Å². The molecule has 51 heavy (non-hydrogen) atoms. The maximum Gasteiger partial charge on any atom is 0.416 e. The molecule has 0 fully saturated rings. The van der Waals surface area contributed by atoms with Crippen molar-refractivity contribution in [1.82, 2.24) is 14.8 Å². The highest BCUT2D eigenvalue weighted by molar-refractivity contribution is 7.09. The highest BCUT2D eigenvalue weighted by Crippen LogP contribution is 2.30. The molecule has 0 saturated heterocycles. The van der Waals surface area contributed by atoms with Gasteiger partial charge in [-0.25, -0.2) is 4.98 Å². The zero-order valence-electron chi connectivity index (χ0n) is 28.0. The first-order chi connectivity index (χ1) is 24.8. The second-order valence-corrected chi connectivity index (χ2v) is 13.3. The van der Waals surface area contributed by atoms with Crippen molar-refractivity contribution < 1.29 is 22.7 Å². The van der Waals surface area contributed by atoms with Crippen LogP contribution < -0.4 is 4.74 Å². The van der Waals surface area contributed by atoms with Gasteiger partial charge in [-0.3, -0.25) is 9.69 Å². The molecule has 0 radical (unpaired) electrons. The maximum absolute atomic E-state index is 13.9. The second kappa shape index (κ2) is 17.1. The predicted molar refractivity (Wildman–Crippen MR) is 195 cm³/mol. The van der Waals surface area contributed by atoms with Gasteiger partial charge in [0.2, 0.25) is 0 Å². The lowest BCUT2D eigenvalue weighted by atomic mass is 10.1. The summed E-state index contributed by atoms with van der Waals surface area (Å²) < 4.78 is 46.7. The fourth-order valence-corrected chi connectivity index (χ4v) is 6.57. The smallest absolute Gasteiger partial charge is 0.416 e. The normalized spacial score (nSPS) is 11.5. The van der Waals surface area contributed by atoms with E-state index < -0.39 is 11.7 Å². The molecule has 0 unspecified atom stereocenters. The maximum atomic E-state index is 13.9. The number of amides is 1. The lowest BCUT2D eigenvalue weighted by molar-refractivity contribution is -0.137. The molecule has 260 valence electrons. The monoisotopic (exact) mass is 705 g/mol. The Hall–Kier alpha value is -5.25. The van der Waals surface area contributed by atoms with Crippen LogP contribution in [0.2, 0.25) is 0 Å². The average Bonchev–Trinajstić information content (AvgIpc) is 3.62. The van der Waals surface area contributed by atoms with Crippen LogP contribution in [0.1, 0.15) is 48.9 Å². The molecule has 6 rings (SSSR count). The third-order valence-corrected chi connectivity index (χ3v) is 9.22. The van der Waals surface area contributed by atoms with Gasteiger partial charge in [-0.15, -0.1) is 11.3 Å². The lowest BCUT2D eigenvalue weighted by Gasteiger charge is -2.23. The van der Waals surface area contributed by atoms with E-state index in [1.165, 1.54) is 23.5 Å². The molecular formula is C42H38F3N3O2S. The van der Waals surface area contributed by atoms with Gasteiger partial charge in [-0.2, -0.15) is 13.2 Å². The van der Waals surface area contributed by atoms with Crippen molar-refractivity contribution in [1.29, 1.82) is 0 Å². The topological polar surface area (TPSA) is 45.7 Å². The number of thiazole rings is 1. The highest BCUT2D eigenvalue weighted by Gasteiger charge is 2.30. The summed E-state index contributed by atoms with van der Waals surface area (Å²) in [7, 11) is 0. The molecule has 0 atom stereocenters. The summed E-state index contributed by atoms with van der Waals surface area (Å²) in [6.07, 6.45) is -3.73. The Morgan fingerprint density at radius 3 is 1.90 bits per heavy atom. The van der Waals surface area contributed by atoms with Crippen LogP contribution in [0.25, 0.3) is 0 Å². The van der Waals surface area contributed by atoms with Crippen molar-refractivity contribution in [2.24, 2.45) is 0 Å². The summed E-state index contributed by atoms with van der Waals surface area (Å²) >= 11 is 1.38. The van der Waals surface area contributed by atoms with Crippen LogP contribution >= 0.6 is 11.3 Å². The SMILES string of the molecule is O=C(c1csc(CN(Cc2ccc(OCc3ccccc3)cc2)Cc2cccc(C(F)(F)F)c2)n1)N(CCc1ccccc1)Cc1ccccc1. The standard InChI is InChI=1S/C42H38F3N3O2S/c43-42(44,45)37-18-10-17-36(25-37)27-47(26-34-19-21-38(22-20-34)50-30-35-15-8-3-9-16-35)29-40-46-39(31-51-40)41(49)48(28-33-13-6-2-7-14-33)24-23-32-11-4-1-5-12-32/h1-22,25,31H,23-24,26-30H2. The van der Waals surface area contributed by atoms with E-state index in [1.54, 1.807) is 11.4 Å². The van der Waals surface area contributed by atoms with Crippen LogP contribution in [0.15, 0.2) is 145 Å². The van der Waals surface area contributed by atoms with Gasteiger partial charge in [-0.05, 0) is 52.4 Å². The number of rotatable bonds is 15. The van der Waals surface area contributed by atoms with E-state index in [-0.39, 0.29) is 12.5 Å². The van der Waals surface area contributed by atoms with Gasteiger partial charge in [0.15, 0.2) is 0 Å². The third kappa shape index (κ3) is 10.6. The minimum Gasteiger partial charge on any atom is -0.489 e. The number of hydrogen-bond donors (Lipinski definition) is 0. The number of aromatic nitrogens is 1. The summed E-state index contributed by atoms with van der Waals surface area (Å²) in [6, 6.07) is 43.0. The Balaban J connectivity index is 1.18. The van der Waals surface area contributed by atoms with E-state index in [9.17, 15) is 18.0 Å². The molecule has 0 aliphatic heterocycles. The molecular weight excluding hydrogens is 668 g/mol. The number of halogens is 3. The van der Waals surface area contributed by atoms with Crippen LogP contribution in [-0.2, 0) is 45.4 Å². The molecule has 9 heteroatoms. The number of carbonyl (C=O) groups excluding carboxylic acids is 1. The highest BCUT2D eigenvalue weighted by atomic mass is 32.1. The van der Waals surface area contributed by atoms with Gasteiger partial charge in [0.05, 0.1) is 12.1 Å². The third-order valence-electron chi connectivity index (χ3n) is 8.38. The molecule has 0 bridgehead atoms. The van der Waals surface area contributed by atoms with Crippen molar-refractivity contribution in [2.45, 2.75) is 45.4 Å². The van der Waals surface area contributed by atoms with Gasteiger partial charge < -0.3 is 9.64 Å². The lowest BCUT2D eigenvalue weighted by Crippen LogP contribution is -2.33. The number of ether oxygens (including phenoxy) is 1. The van der Waals surface area contributed by atoms with Crippen LogP contribution in [-0.4, -0.2) is 27.2 Å². The Morgan fingerprint density at radius 2 is 1.24 bits per heavy atom. The summed E-state index contributed by atoms with van der Waals surface area (Å²) in [5.74, 6) is 0.565. The molecule has 0 N–H and O–H groups in total. The van der Waals surface area contributed by atoms with E-state index in [0.29, 0.717) is 55.5 Å². The molecule has 5 nitrogen and oxygen atoms in total. The Labute approximate surface area is 300 Å². The van der Waals surface area contributed by atoms with Crippen molar-refractivity contribution in [3.63, 3.8) is 0 Å². The van der Waals surface area contributed by atoms with Crippen LogP contribution in [0.3, 0.4) is 0 Å². The minimum atomic E-state index is -4.44. The second-order valence-electron chi connectivity index (χ2n) is 12.3. The summed E-state index contributed by atoms with van der Waals surface area (Å²) in [6.45, 7) is 2.49. The molecule has 0 spiro atoms. The van der Waals surface area contributed by atoms with Gasteiger partial charge in [0.1, 0.15) is 23.1 Å². The number of nitrogens with zero attached hydrogens (tertiary/aromatic N) is 3. The number of alkyl halides is 3. The Bertz CT molecular complexity index is 1970. The van der Waals surface area contributed by atoms with Crippen molar-refractivity contribution in [3.8, 4) is 5.75 Å². The molecule has 5 aromatic carbocycles. The van der Waals surface area contributed by atoms with Crippen LogP contribution in [0.5, 0.6) is 5.75 Å². The number of benzene rings is 5. The first kappa shape index (κ1) is 35.6.